The van der Waals surface area contributed by atoms with Crippen molar-refractivity contribution in [3.8, 4) is 11.5 Å². The van der Waals surface area contributed by atoms with Gasteiger partial charge in [-0.1, -0.05) is 45.2 Å². The van der Waals surface area contributed by atoms with Gasteiger partial charge in [0.05, 0.1) is 15.7 Å². The normalized spacial score (nSPS) is 10.5. The Morgan fingerprint density at radius 2 is 1.63 bits per heavy atom. The number of phenolic OH excluding ortho intramolecular Hbond substituents is 2. The van der Waals surface area contributed by atoms with Crippen LogP contribution in [-0.2, 0) is 6.54 Å². The molecule has 0 aliphatic carbocycles. The van der Waals surface area contributed by atoms with Gasteiger partial charge in [0.2, 0.25) is 0 Å². The zero-order chi connectivity index (χ0) is 14.0. The molecule has 100 valence electrons. The molecular formula is C13H10BrCl2NO2. The van der Waals surface area contributed by atoms with Crippen molar-refractivity contribution >= 4 is 44.8 Å². The van der Waals surface area contributed by atoms with E-state index in [0.29, 0.717) is 22.3 Å². The Morgan fingerprint density at radius 3 is 2.21 bits per heavy atom. The number of aromatic hydroxyl groups is 2. The van der Waals surface area contributed by atoms with Crippen LogP contribution in [0.15, 0.2) is 34.8 Å². The molecule has 0 saturated heterocycles. The highest BCUT2D eigenvalue weighted by molar-refractivity contribution is 9.10. The average molecular weight is 363 g/mol. The zero-order valence-corrected chi connectivity index (χ0v) is 12.7. The molecule has 0 atom stereocenters. The number of hydrogen-bond acceptors (Lipinski definition) is 3. The SMILES string of the molecule is Oc1ccc(CNc2c(Cl)cc(Br)cc2Cl)cc1O. The van der Waals surface area contributed by atoms with E-state index in [9.17, 15) is 10.2 Å². The second-order valence-electron chi connectivity index (χ2n) is 3.92. The van der Waals surface area contributed by atoms with Crippen molar-refractivity contribution in [3.63, 3.8) is 0 Å². The van der Waals surface area contributed by atoms with Crippen LogP contribution in [0.2, 0.25) is 10.0 Å². The molecule has 6 heteroatoms. The number of benzene rings is 2. The molecule has 0 fully saturated rings. The minimum Gasteiger partial charge on any atom is -0.504 e. The standard InChI is InChI=1S/C13H10BrCl2NO2/c14-8-4-9(15)13(10(16)5-8)17-6-7-1-2-11(18)12(19)3-7/h1-5,17-19H,6H2. The molecule has 0 bridgehead atoms. The maximum Gasteiger partial charge on any atom is 0.157 e. The fraction of sp³-hybridized carbons (Fsp3) is 0.0769. The highest BCUT2D eigenvalue weighted by atomic mass is 79.9. The number of phenols is 2. The minimum atomic E-state index is -0.160. The van der Waals surface area contributed by atoms with Crippen LogP contribution in [0.4, 0.5) is 5.69 Å². The predicted molar refractivity (Wildman–Crippen MR) is 81.3 cm³/mol. The van der Waals surface area contributed by atoms with E-state index in [0.717, 1.165) is 10.0 Å². The van der Waals surface area contributed by atoms with E-state index in [4.69, 9.17) is 23.2 Å². The van der Waals surface area contributed by atoms with Gasteiger partial charge in [0, 0.05) is 11.0 Å². The lowest BCUT2D eigenvalue weighted by atomic mass is 10.2. The molecule has 0 saturated carbocycles. The summed E-state index contributed by atoms with van der Waals surface area (Å²) >= 11 is 15.5. The summed E-state index contributed by atoms with van der Waals surface area (Å²) in [4.78, 5) is 0. The smallest absolute Gasteiger partial charge is 0.157 e. The van der Waals surface area contributed by atoms with Crippen LogP contribution in [0.25, 0.3) is 0 Å². The summed E-state index contributed by atoms with van der Waals surface area (Å²) in [5.41, 5.74) is 1.42. The third-order valence-corrected chi connectivity index (χ3v) is 3.57. The van der Waals surface area contributed by atoms with Gasteiger partial charge in [0.15, 0.2) is 11.5 Å². The number of anilines is 1. The summed E-state index contributed by atoms with van der Waals surface area (Å²) in [7, 11) is 0. The highest BCUT2D eigenvalue weighted by Gasteiger charge is 2.08. The number of hydrogen-bond donors (Lipinski definition) is 3. The molecule has 0 aliphatic rings. The topological polar surface area (TPSA) is 52.5 Å². The molecule has 0 aromatic heterocycles. The summed E-state index contributed by atoms with van der Waals surface area (Å²) < 4.78 is 0.801. The fourth-order valence-corrected chi connectivity index (χ4v) is 2.92. The molecular weight excluding hydrogens is 353 g/mol. The van der Waals surface area contributed by atoms with Gasteiger partial charge in [-0.3, -0.25) is 0 Å². The molecule has 0 unspecified atom stereocenters. The van der Waals surface area contributed by atoms with Crippen molar-refractivity contribution in [1.29, 1.82) is 0 Å². The molecule has 0 spiro atoms. The van der Waals surface area contributed by atoms with Crippen molar-refractivity contribution in [2.75, 3.05) is 5.32 Å². The van der Waals surface area contributed by atoms with Crippen LogP contribution in [0.1, 0.15) is 5.56 Å². The molecule has 3 N–H and O–H groups in total. The molecule has 0 aliphatic heterocycles. The summed E-state index contributed by atoms with van der Waals surface area (Å²) in [6, 6.07) is 8.08. The van der Waals surface area contributed by atoms with Crippen LogP contribution in [-0.4, -0.2) is 10.2 Å². The first-order chi connectivity index (χ1) is 8.97. The van der Waals surface area contributed by atoms with Crippen LogP contribution >= 0.6 is 39.1 Å². The van der Waals surface area contributed by atoms with E-state index in [1.807, 2.05) is 0 Å². The minimum absolute atomic E-state index is 0.150. The monoisotopic (exact) mass is 361 g/mol. The Kier molecular flexibility index (Phi) is 4.45. The molecule has 0 radical (unpaired) electrons. The maximum absolute atomic E-state index is 9.41. The summed E-state index contributed by atoms with van der Waals surface area (Å²) in [5.74, 6) is -0.309. The van der Waals surface area contributed by atoms with Gasteiger partial charge in [-0.2, -0.15) is 0 Å². The van der Waals surface area contributed by atoms with Gasteiger partial charge >= 0.3 is 0 Å². The Labute approximate surface area is 128 Å². The molecule has 2 rings (SSSR count). The first-order valence-electron chi connectivity index (χ1n) is 5.36. The fourth-order valence-electron chi connectivity index (χ4n) is 1.58. The van der Waals surface area contributed by atoms with E-state index in [-0.39, 0.29) is 11.5 Å². The van der Waals surface area contributed by atoms with Gasteiger partial charge in [0.25, 0.3) is 0 Å². The third-order valence-electron chi connectivity index (χ3n) is 2.52. The van der Waals surface area contributed by atoms with E-state index >= 15 is 0 Å². The lowest BCUT2D eigenvalue weighted by Crippen LogP contribution is -2.00. The number of rotatable bonds is 3. The quantitative estimate of drug-likeness (QED) is 0.688. The lowest BCUT2D eigenvalue weighted by molar-refractivity contribution is 0.403. The molecule has 0 heterocycles. The second-order valence-corrected chi connectivity index (χ2v) is 5.65. The summed E-state index contributed by atoms with van der Waals surface area (Å²) in [6.45, 7) is 0.426. The van der Waals surface area contributed by atoms with Crippen molar-refractivity contribution in [1.82, 2.24) is 0 Å². The largest absolute Gasteiger partial charge is 0.504 e. The van der Waals surface area contributed by atoms with Gasteiger partial charge in [-0.15, -0.1) is 0 Å². The van der Waals surface area contributed by atoms with Gasteiger partial charge in [-0.25, -0.2) is 0 Å². The summed E-state index contributed by atoms with van der Waals surface area (Å²) in [5, 5.41) is 22.7. The van der Waals surface area contributed by atoms with Crippen molar-refractivity contribution in [3.05, 3.63) is 50.4 Å². The van der Waals surface area contributed by atoms with Crippen LogP contribution < -0.4 is 5.32 Å². The third kappa shape index (κ3) is 3.47. The molecule has 3 nitrogen and oxygen atoms in total. The van der Waals surface area contributed by atoms with Crippen LogP contribution in [0.3, 0.4) is 0 Å². The van der Waals surface area contributed by atoms with Crippen molar-refractivity contribution in [2.24, 2.45) is 0 Å². The second kappa shape index (κ2) is 5.90. The summed E-state index contributed by atoms with van der Waals surface area (Å²) in [6.07, 6.45) is 0. The van der Waals surface area contributed by atoms with Crippen LogP contribution in [0, 0.1) is 0 Å². The van der Waals surface area contributed by atoms with Crippen molar-refractivity contribution in [2.45, 2.75) is 6.54 Å². The van der Waals surface area contributed by atoms with E-state index in [1.165, 1.54) is 12.1 Å². The maximum atomic E-state index is 9.41. The lowest BCUT2D eigenvalue weighted by Gasteiger charge is -2.11. The molecule has 19 heavy (non-hydrogen) atoms. The number of halogens is 3. The predicted octanol–water partition coefficient (Wildman–Crippen LogP) is 4.78. The van der Waals surface area contributed by atoms with Crippen LogP contribution in [0.5, 0.6) is 11.5 Å². The molecule has 2 aromatic carbocycles. The van der Waals surface area contributed by atoms with E-state index < -0.39 is 0 Å². The Bertz CT molecular complexity index is 597. The van der Waals surface area contributed by atoms with E-state index in [1.54, 1.807) is 18.2 Å². The first-order valence-corrected chi connectivity index (χ1v) is 6.91. The van der Waals surface area contributed by atoms with Crippen molar-refractivity contribution < 1.29 is 10.2 Å². The first kappa shape index (κ1) is 14.3. The van der Waals surface area contributed by atoms with Gasteiger partial charge in [0.1, 0.15) is 0 Å². The molecule has 2 aromatic rings. The van der Waals surface area contributed by atoms with E-state index in [2.05, 4.69) is 21.2 Å². The Balaban J connectivity index is 2.16. The van der Waals surface area contributed by atoms with Gasteiger partial charge in [-0.05, 0) is 29.8 Å². The average Bonchev–Trinajstić information content (AvgIpc) is 2.32. The molecule has 0 amide bonds. The number of nitrogens with one attached hydrogen (secondary N) is 1. The zero-order valence-electron chi connectivity index (χ0n) is 9.62. The highest BCUT2D eigenvalue weighted by Crippen LogP contribution is 2.34. The van der Waals surface area contributed by atoms with Gasteiger partial charge < -0.3 is 15.5 Å². The Hall–Kier alpha value is -1.10. The Morgan fingerprint density at radius 1 is 1.00 bits per heavy atom.